The van der Waals surface area contributed by atoms with Gasteiger partial charge in [0.15, 0.2) is 0 Å². The van der Waals surface area contributed by atoms with Crippen molar-refractivity contribution in [2.45, 2.75) is 19.4 Å². The number of halogens is 2. The van der Waals surface area contributed by atoms with E-state index in [-0.39, 0.29) is 0 Å². The third kappa shape index (κ3) is 4.07. The van der Waals surface area contributed by atoms with Crippen LogP contribution in [-0.2, 0) is 17.7 Å². The Hall–Kier alpha value is -1.34. The third-order valence-electron chi connectivity index (χ3n) is 3.00. The van der Waals surface area contributed by atoms with E-state index >= 15 is 0 Å². The fourth-order valence-electron chi connectivity index (χ4n) is 2.02. The van der Waals surface area contributed by atoms with E-state index in [1.54, 1.807) is 7.11 Å². The van der Waals surface area contributed by atoms with Crippen molar-refractivity contribution in [2.24, 2.45) is 0 Å². The van der Waals surface area contributed by atoms with Gasteiger partial charge in [0, 0.05) is 32.1 Å². The van der Waals surface area contributed by atoms with Gasteiger partial charge in [0.25, 0.3) is 6.43 Å². The number of hydrogen-bond donors (Lipinski definition) is 0. The maximum absolute atomic E-state index is 11.9. The molecule has 1 aromatic rings. The van der Waals surface area contributed by atoms with Gasteiger partial charge in [0.2, 0.25) is 5.88 Å². The highest BCUT2D eigenvalue weighted by Crippen LogP contribution is 2.19. The zero-order chi connectivity index (χ0) is 13.7. The maximum Gasteiger partial charge on any atom is 0.261 e. The normalized spacial score (nSPS) is 15.6. The minimum Gasteiger partial charge on any atom is -0.480 e. The molecular formula is C12H17F2N3O2. The SMILES string of the molecule is COc1cc2c(nn1)CCN(CCOCC(F)F)C2. The quantitative estimate of drug-likeness (QED) is 0.727. The van der Waals surface area contributed by atoms with Gasteiger partial charge in [-0.3, -0.25) is 4.90 Å². The van der Waals surface area contributed by atoms with Crippen molar-refractivity contribution in [3.05, 3.63) is 17.3 Å². The molecule has 5 nitrogen and oxygen atoms in total. The summed E-state index contributed by atoms with van der Waals surface area (Å²) in [5, 5.41) is 8.04. The lowest BCUT2D eigenvalue weighted by molar-refractivity contribution is 0.00860. The molecule has 0 N–H and O–H groups in total. The highest BCUT2D eigenvalue weighted by molar-refractivity contribution is 5.26. The molecule has 0 amide bonds. The molecule has 2 heterocycles. The summed E-state index contributed by atoms with van der Waals surface area (Å²) in [5.74, 6) is 0.495. The number of hydrogen-bond acceptors (Lipinski definition) is 5. The van der Waals surface area contributed by atoms with Gasteiger partial charge >= 0.3 is 0 Å². The Morgan fingerprint density at radius 2 is 2.26 bits per heavy atom. The summed E-state index contributed by atoms with van der Waals surface area (Å²) in [6, 6.07) is 1.87. The number of methoxy groups -OCH3 is 1. The molecule has 0 unspecified atom stereocenters. The Balaban J connectivity index is 1.83. The van der Waals surface area contributed by atoms with E-state index in [4.69, 9.17) is 9.47 Å². The van der Waals surface area contributed by atoms with Gasteiger partial charge < -0.3 is 9.47 Å². The summed E-state index contributed by atoms with van der Waals surface area (Å²) in [6.07, 6.45) is -1.59. The van der Waals surface area contributed by atoms with Crippen molar-refractivity contribution in [3.63, 3.8) is 0 Å². The first kappa shape index (κ1) is 14.1. The summed E-state index contributed by atoms with van der Waals surface area (Å²) in [7, 11) is 1.55. The number of rotatable bonds is 6. The summed E-state index contributed by atoms with van der Waals surface area (Å²) < 4.78 is 33.8. The number of alkyl halides is 2. The van der Waals surface area contributed by atoms with Gasteiger partial charge in [-0.15, -0.1) is 5.10 Å². The van der Waals surface area contributed by atoms with Crippen LogP contribution in [0.25, 0.3) is 0 Å². The first-order valence-electron chi connectivity index (χ1n) is 6.16. The molecule has 7 heteroatoms. The van der Waals surface area contributed by atoms with Crippen LogP contribution in [0.2, 0.25) is 0 Å². The van der Waals surface area contributed by atoms with Crippen LogP contribution in [0.15, 0.2) is 6.07 Å². The summed E-state index contributed by atoms with van der Waals surface area (Å²) >= 11 is 0. The molecule has 0 aromatic carbocycles. The summed E-state index contributed by atoms with van der Waals surface area (Å²) in [6.45, 7) is 2.02. The molecule has 0 atom stereocenters. The standard InChI is InChI=1S/C12H17F2N3O2/c1-18-12-6-9-7-17(3-2-10(9)15-16-12)4-5-19-8-11(13)14/h6,11H,2-5,7-8H2,1H3. The van der Waals surface area contributed by atoms with Crippen LogP contribution in [0.3, 0.4) is 0 Å². The van der Waals surface area contributed by atoms with Gasteiger partial charge in [0.1, 0.15) is 6.61 Å². The number of aromatic nitrogens is 2. The minimum absolute atomic E-state index is 0.315. The van der Waals surface area contributed by atoms with Crippen molar-refractivity contribution in [3.8, 4) is 5.88 Å². The number of ether oxygens (including phenoxy) is 2. The number of fused-ring (bicyclic) bond motifs is 1. The van der Waals surface area contributed by atoms with Crippen LogP contribution in [-0.4, -0.2) is 54.9 Å². The molecule has 1 aromatic heterocycles. The van der Waals surface area contributed by atoms with Crippen LogP contribution in [0, 0.1) is 0 Å². The van der Waals surface area contributed by atoms with E-state index in [9.17, 15) is 8.78 Å². The predicted octanol–water partition coefficient (Wildman–Crippen LogP) is 1.12. The average Bonchev–Trinajstić information content (AvgIpc) is 2.42. The lowest BCUT2D eigenvalue weighted by atomic mass is 10.1. The van der Waals surface area contributed by atoms with Crippen LogP contribution in [0.1, 0.15) is 11.3 Å². The number of nitrogens with zero attached hydrogens (tertiary/aromatic N) is 3. The van der Waals surface area contributed by atoms with Crippen LogP contribution >= 0.6 is 0 Å². The Morgan fingerprint density at radius 3 is 3.00 bits per heavy atom. The Labute approximate surface area is 110 Å². The minimum atomic E-state index is -2.40. The molecule has 0 radical (unpaired) electrons. The Bertz CT molecular complexity index is 418. The van der Waals surface area contributed by atoms with Crippen molar-refractivity contribution in [2.75, 3.05) is 33.4 Å². The topological polar surface area (TPSA) is 47.5 Å². The fraction of sp³-hybridized carbons (Fsp3) is 0.667. The molecule has 0 spiro atoms. The Kier molecular flexibility index (Phi) is 4.98. The second-order valence-corrected chi connectivity index (χ2v) is 4.35. The largest absolute Gasteiger partial charge is 0.480 e. The fourth-order valence-corrected chi connectivity index (χ4v) is 2.02. The van der Waals surface area contributed by atoms with Gasteiger partial charge in [-0.05, 0) is 5.56 Å². The predicted molar refractivity (Wildman–Crippen MR) is 64.4 cm³/mol. The first-order valence-corrected chi connectivity index (χ1v) is 6.16. The van der Waals surface area contributed by atoms with Gasteiger partial charge in [-0.1, -0.05) is 0 Å². The molecule has 0 fully saturated rings. The van der Waals surface area contributed by atoms with Gasteiger partial charge in [-0.2, -0.15) is 5.10 Å². The molecule has 1 aliphatic heterocycles. The van der Waals surface area contributed by atoms with E-state index in [1.807, 2.05) is 6.07 Å². The summed E-state index contributed by atoms with van der Waals surface area (Å²) in [4.78, 5) is 2.15. The van der Waals surface area contributed by atoms with Crippen molar-refractivity contribution >= 4 is 0 Å². The highest BCUT2D eigenvalue weighted by atomic mass is 19.3. The molecule has 1 aliphatic rings. The lowest BCUT2D eigenvalue weighted by Gasteiger charge is -2.27. The van der Waals surface area contributed by atoms with E-state index in [1.165, 1.54) is 0 Å². The van der Waals surface area contributed by atoms with Gasteiger partial charge in [-0.25, -0.2) is 8.78 Å². The molecule has 0 bridgehead atoms. The monoisotopic (exact) mass is 273 g/mol. The Morgan fingerprint density at radius 1 is 1.42 bits per heavy atom. The molecule has 0 aliphatic carbocycles. The van der Waals surface area contributed by atoms with Crippen molar-refractivity contribution in [1.82, 2.24) is 15.1 Å². The summed E-state index contributed by atoms with van der Waals surface area (Å²) in [5.41, 5.74) is 2.05. The zero-order valence-electron chi connectivity index (χ0n) is 10.8. The molecule has 0 saturated carbocycles. The smallest absolute Gasteiger partial charge is 0.261 e. The molecular weight excluding hydrogens is 256 g/mol. The van der Waals surface area contributed by atoms with Gasteiger partial charge in [0.05, 0.1) is 19.4 Å². The van der Waals surface area contributed by atoms with Crippen molar-refractivity contribution in [1.29, 1.82) is 0 Å². The first-order chi connectivity index (χ1) is 9.19. The highest BCUT2D eigenvalue weighted by Gasteiger charge is 2.18. The van der Waals surface area contributed by atoms with E-state index in [2.05, 4.69) is 15.1 Å². The van der Waals surface area contributed by atoms with E-state index in [0.29, 0.717) is 19.0 Å². The molecule has 0 saturated heterocycles. The van der Waals surface area contributed by atoms with Crippen LogP contribution in [0.4, 0.5) is 8.78 Å². The molecule has 19 heavy (non-hydrogen) atoms. The van der Waals surface area contributed by atoms with Crippen molar-refractivity contribution < 1.29 is 18.3 Å². The molecule has 106 valence electrons. The second-order valence-electron chi connectivity index (χ2n) is 4.35. The lowest BCUT2D eigenvalue weighted by Crippen LogP contribution is -2.34. The van der Waals surface area contributed by atoms with E-state index < -0.39 is 13.0 Å². The molecule has 2 rings (SSSR count). The third-order valence-corrected chi connectivity index (χ3v) is 3.00. The van der Waals surface area contributed by atoms with Crippen LogP contribution < -0.4 is 4.74 Å². The van der Waals surface area contributed by atoms with E-state index in [0.717, 1.165) is 30.8 Å². The average molecular weight is 273 g/mol. The zero-order valence-corrected chi connectivity index (χ0v) is 10.8. The van der Waals surface area contributed by atoms with Crippen LogP contribution in [0.5, 0.6) is 5.88 Å². The maximum atomic E-state index is 11.9. The second kappa shape index (κ2) is 6.72.